The minimum atomic E-state index is -4.27. The molecule has 0 aromatic rings. The van der Waals surface area contributed by atoms with Gasteiger partial charge in [-0.1, -0.05) is 27.2 Å². The number of alkyl halides is 3. The average Bonchev–Trinajstić information content (AvgIpc) is 2.37. The zero-order valence-corrected chi connectivity index (χ0v) is 13.1. The molecule has 2 N–H and O–H groups in total. The lowest BCUT2D eigenvalue weighted by Crippen LogP contribution is -2.44. The SMILES string of the molecule is CCC(C)(C)C1CCC(NC(=O)CNCC(F)(F)F)CC1. The number of carbonyl (C=O) groups is 1. The number of nitrogens with one attached hydrogen (secondary N) is 2. The van der Waals surface area contributed by atoms with Gasteiger partial charge in [0, 0.05) is 6.04 Å². The van der Waals surface area contributed by atoms with Crippen LogP contribution in [0.3, 0.4) is 0 Å². The van der Waals surface area contributed by atoms with E-state index in [2.05, 4.69) is 31.4 Å². The van der Waals surface area contributed by atoms with Gasteiger partial charge in [0.25, 0.3) is 0 Å². The second-order valence-electron chi connectivity index (χ2n) is 6.68. The molecule has 0 heterocycles. The highest BCUT2D eigenvalue weighted by molar-refractivity contribution is 5.78. The molecule has 6 heteroatoms. The van der Waals surface area contributed by atoms with Crippen LogP contribution >= 0.6 is 0 Å². The van der Waals surface area contributed by atoms with Gasteiger partial charge < -0.3 is 10.6 Å². The van der Waals surface area contributed by atoms with E-state index in [0.717, 1.165) is 32.1 Å². The van der Waals surface area contributed by atoms with E-state index >= 15 is 0 Å². The summed E-state index contributed by atoms with van der Waals surface area (Å²) < 4.78 is 35.9. The smallest absolute Gasteiger partial charge is 0.352 e. The van der Waals surface area contributed by atoms with Gasteiger partial charge in [0.15, 0.2) is 0 Å². The van der Waals surface area contributed by atoms with Crippen LogP contribution in [0.15, 0.2) is 0 Å². The molecule has 124 valence electrons. The van der Waals surface area contributed by atoms with Gasteiger partial charge in [-0.3, -0.25) is 4.79 Å². The Morgan fingerprint density at radius 2 is 1.71 bits per heavy atom. The summed E-state index contributed by atoms with van der Waals surface area (Å²) in [5.74, 6) is 0.316. The van der Waals surface area contributed by atoms with Crippen LogP contribution in [0.4, 0.5) is 13.2 Å². The predicted molar refractivity (Wildman–Crippen MR) is 76.9 cm³/mol. The average molecular weight is 308 g/mol. The molecule has 0 aliphatic heterocycles. The third-order valence-electron chi connectivity index (χ3n) is 4.72. The fourth-order valence-corrected chi connectivity index (χ4v) is 2.90. The molecule has 0 saturated heterocycles. The van der Waals surface area contributed by atoms with E-state index < -0.39 is 12.7 Å². The summed E-state index contributed by atoms with van der Waals surface area (Å²) in [5.41, 5.74) is 0.323. The number of hydrogen-bond donors (Lipinski definition) is 2. The van der Waals surface area contributed by atoms with E-state index in [9.17, 15) is 18.0 Å². The molecule has 1 amide bonds. The third-order valence-corrected chi connectivity index (χ3v) is 4.72. The monoisotopic (exact) mass is 308 g/mol. The summed E-state index contributed by atoms with van der Waals surface area (Å²) in [6.45, 7) is 5.34. The first-order valence-corrected chi connectivity index (χ1v) is 7.71. The van der Waals surface area contributed by atoms with Gasteiger partial charge in [-0.15, -0.1) is 0 Å². The lowest BCUT2D eigenvalue weighted by Gasteiger charge is -2.39. The van der Waals surface area contributed by atoms with Crippen molar-refractivity contribution in [2.24, 2.45) is 11.3 Å². The van der Waals surface area contributed by atoms with E-state index in [-0.39, 0.29) is 18.5 Å². The third kappa shape index (κ3) is 6.68. The van der Waals surface area contributed by atoms with Crippen LogP contribution in [0.2, 0.25) is 0 Å². The number of amides is 1. The van der Waals surface area contributed by atoms with Crippen LogP contribution < -0.4 is 10.6 Å². The molecule has 0 spiro atoms. The summed E-state index contributed by atoms with van der Waals surface area (Å²) in [6, 6.07) is 0.106. The van der Waals surface area contributed by atoms with Gasteiger partial charge in [-0.25, -0.2) is 0 Å². The molecule has 1 aliphatic rings. The Morgan fingerprint density at radius 3 is 2.19 bits per heavy atom. The van der Waals surface area contributed by atoms with Gasteiger partial charge in [0.05, 0.1) is 13.1 Å². The maximum absolute atomic E-state index is 12.0. The molecule has 0 bridgehead atoms. The predicted octanol–water partition coefficient (Wildman–Crippen LogP) is 3.25. The van der Waals surface area contributed by atoms with Crippen LogP contribution in [0.1, 0.15) is 52.9 Å². The fourth-order valence-electron chi connectivity index (χ4n) is 2.90. The minimum absolute atomic E-state index is 0.106. The second kappa shape index (κ2) is 7.47. The number of carbonyl (C=O) groups excluding carboxylic acids is 1. The van der Waals surface area contributed by atoms with E-state index in [4.69, 9.17) is 0 Å². The van der Waals surface area contributed by atoms with E-state index in [1.54, 1.807) is 0 Å². The van der Waals surface area contributed by atoms with Crippen molar-refractivity contribution in [2.75, 3.05) is 13.1 Å². The van der Waals surface area contributed by atoms with Crippen molar-refractivity contribution in [1.82, 2.24) is 10.6 Å². The van der Waals surface area contributed by atoms with Gasteiger partial charge in [-0.2, -0.15) is 13.2 Å². The van der Waals surface area contributed by atoms with Crippen LogP contribution in [0, 0.1) is 11.3 Å². The molecular formula is C15H27F3N2O. The number of rotatable bonds is 6. The van der Waals surface area contributed by atoms with E-state index in [1.807, 2.05) is 0 Å². The van der Waals surface area contributed by atoms with Crippen LogP contribution in [-0.4, -0.2) is 31.2 Å². The molecule has 1 saturated carbocycles. The first-order valence-electron chi connectivity index (χ1n) is 7.71. The Labute approximate surface area is 125 Å². The molecule has 0 aromatic carbocycles. The van der Waals surface area contributed by atoms with E-state index in [0.29, 0.717) is 11.3 Å². The van der Waals surface area contributed by atoms with Crippen LogP contribution in [0.25, 0.3) is 0 Å². The zero-order chi connectivity index (χ0) is 16.1. The molecule has 1 aliphatic carbocycles. The summed E-state index contributed by atoms with van der Waals surface area (Å²) in [7, 11) is 0. The molecule has 1 fully saturated rings. The summed E-state index contributed by atoms with van der Waals surface area (Å²) >= 11 is 0. The van der Waals surface area contributed by atoms with Gasteiger partial charge in [0.2, 0.25) is 5.91 Å². The summed E-state index contributed by atoms with van der Waals surface area (Å²) in [5, 5.41) is 4.95. The number of hydrogen-bond acceptors (Lipinski definition) is 2. The standard InChI is InChI=1S/C15H27F3N2O/c1-4-14(2,3)11-5-7-12(8-6-11)20-13(21)9-19-10-15(16,17)18/h11-12,19H,4-10H2,1-3H3,(H,20,21). The van der Waals surface area contributed by atoms with Gasteiger partial charge in [0.1, 0.15) is 0 Å². The quantitative estimate of drug-likeness (QED) is 0.791. The Hall–Kier alpha value is -0.780. The highest BCUT2D eigenvalue weighted by Gasteiger charge is 2.32. The molecule has 3 nitrogen and oxygen atoms in total. The maximum Gasteiger partial charge on any atom is 0.401 e. The lowest BCUT2D eigenvalue weighted by atomic mass is 9.69. The zero-order valence-electron chi connectivity index (χ0n) is 13.1. The lowest BCUT2D eigenvalue weighted by molar-refractivity contribution is -0.128. The Balaban J connectivity index is 2.25. The molecule has 0 unspecified atom stereocenters. The molecule has 0 radical (unpaired) electrons. The highest BCUT2D eigenvalue weighted by atomic mass is 19.4. The Morgan fingerprint density at radius 1 is 1.14 bits per heavy atom. The minimum Gasteiger partial charge on any atom is -0.352 e. The van der Waals surface area contributed by atoms with Crippen molar-refractivity contribution in [1.29, 1.82) is 0 Å². The van der Waals surface area contributed by atoms with Crippen LogP contribution in [0.5, 0.6) is 0 Å². The van der Waals surface area contributed by atoms with Gasteiger partial charge in [-0.05, 0) is 37.0 Å². The van der Waals surface area contributed by atoms with E-state index in [1.165, 1.54) is 0 Å². The summed E-state index contributed by atoms with van der Waals surface area (Å²) in [4.78, 5) is 11.6. The Bertz CT molecular complexity index is 334. The molecule has 1 rings (SSSR count). The summed E-state index contributed by atoms with van der Waals surface area (Å²) in [6.07, 6.45) is 0.835. The Kier molecular flexibility index (Phi) is 6.50. The van der Waals surface area contributed by atoms with Crippen molar-refractivity contribution in [3.63, 3.8) is 0 Å². The topological polar surface area (TPSA) is 41.1 Å². The molecule has 0 aromatic heterocycles. The fraction of sp³-hybridized carbons (Fsp3) is 0.933. The van der Waals surface area contributed by atoms with Crippen molar-refractivity contribution < 1.29 is 18.0 Å². The van der Waals surface area contributed by atoms with Crippen molar-refractivity contribution in [3.8, 4) is 0 Å². The van der Waals surface area contributed by atoms with Crippen LogP contribution in [-0.2, 0) is 4.79 Å². The molecule has 21 heavy (non-hydrogen) atoms. The number of halogens is 3. The highest BCUT2D eigenvalue weighted by Crippen LogP contribution is 2.40. The molecular weight excluding hydrogens is 281 g/mol. The molecule has 0 atom stereocenters. The largest absolute Gasteiger partial charge is 0.401 e. The van der Waals surface area contributed by atoms with Gasteiger partial charge >= 0.3 is 6.18 Å². The first-order chi connectivity index (χ1) is 9.64. The second-order valence-corrected chi connectivity index (χ2v) is 6.68. The first kappa shape index (κ1) is 18.3. The van der Waals surface area contributed by atoms with Crippen molar-refractivity contribution >= 4 is 5.91 Å². The van der Waals surface area contributed by atoms with Crippen molar-refractivity contribution in [3.05, 3.63) is 0 Å². The van der Waals surface area contributed by atoms with Crippen molar-refractivity contribution in [2.45, 2.75) is 65.1 Å². The normalized spacial score (nSPS) is 23.9. The maximum atomic E-state index is 12.0.